The molecule has 3 aromatic rings. The smallest absolute Gasteiger partial charge is 0.194 e. The van der Waals surface area contributed by atoms with Gasteiger partial charge in [0, 0.05) is 23.1 Å². The van der Waals surface area contributed by atoms with Crippen LogP contribution in [0.15, 0.2) is 29.6 Å². The highest BCUT2D eigenvalue weighted by molar-refractivity contribution is 7.15. The summed E-state index contributed by atoms with van der Waals surface area (Å²) in [6, 6.07) is 8.18. The number of aromatic nitrogens is 2. The van der Waals surface area contributed by atoms with Gasteiger partial charge >= 0.3 is 0 Å². The third kappa shape index (κ3) is 2.74. The molecule has 0 saturated carbocycles. The van der Waals surface area contributed by atoms with Crippen LogP contribution in [0.5, 0.6) is 5.75 Å². The molecule has 0 aliphatic rings. The average Bonchev–Trinajstić information content (AvgIpc) is 3.07. The zero-order valence-electron chi connectivity index (χ0n) is 13.0. The lowest BCUT2D eigenvalue weighted by Gasteiger charge is -2.07. The number of aryl methyl sites for hydroxylation is 1. The molecule has 4 nitrogen and oxygen atoms in total. The van der Waals surface area contributed by atoms with Crippen molar-refractivity contribution in [2.45, 2.75) is 26.7 Å². The largest absolute Gasteiger partial charge is 0.494 e. The fourth-order valence-corrected chi connectivity index (χ4v) is 3.48. The number of hydrogen-bond acceptors (Lipinski definition) is 4. The van der Waals surface area contributed by atoms with E-state index in [1.807, 2.05) is 12.1 Å². The normalized spacial score (nSPS) is 11.2. The Bertz CT molecular complexity index is 758. The number of nitrogens with zero attached hydrogens (tertiary/aromatic N) is 2. The van der Waals surface area contributed by atoms with Gasteiger partial charge in [-0.3, -0.25) is 4.40 Å². The second kappa shape index (κ2) is 6.50. The number of nitrogens with two attached hydrogens (primary N) is 1. The molecule has 0 radical (unpaired) electrons. The third-order valence-electron chi connectivity index (χ3n) is 3.61. The maximum absolute atomic E-state index is 5.80. The fraction of sp³-hybridized carbons (Fsp3) is 0.353. The first-order valence-corrected chi connectivity index (χ1v) is 8.51. The van der Waals surface area contributed by atoms with Crippen LogP contribution in [0.25, 0.3) is 16.2 Å². The van der Waals surface area contributed by atoms with Gasteiger partial charge in [0.1, 0.15) is 5.75 Å². The Balaban J connectivity index is 2.00. The zero-order valence-corrected chi connectivity index (χ0v) is 13.8. The van der Waals surface area contributed by atoms with Gasteiger partial charge in [-0.15, -0.1) is 11.3 Å². The lowest BCUT2D eigenvalue weighted by Crippen LogP contribution is -2.06. The first-order valence-electron chi connectivity index (χ1n) is 7.63. The summed E-state index contributed by atoms with van der Waals surface area (Å²) >= 11 is 1.67. The molecule has 0 aliphatic carbocycles. The Morgan fingerprint density at radius 2 is 2.05 bits per heavy atom. The van der Waals surface area contributed by atoms with Crippen LogP contribution in [0.4, 0.5) is 0 Å². The number of ether oxygens (including phenoxy) is 1. The van der Waals surface area contributed by atoms with Gasteiger partial charge in [0.15, 0.2) is 4.96 Å². The van der Waals surface area contributed by atoms with Crippen molar-refractivity contribution < 1.29 is 4.74 Å². The van der Waals surface area contributed by atoms with E-state index >= 15 is 0 Å². The summed E-state index contributed by atoms with van der Waals surface area (Å²) in [5, 5.41) is 2.13. The number of thiazole rings is 1. The van der Waals surface area contributed by atoms with Crippen LogP contribution in [-0.4, -0.2) is 22.5 Å². The van der Waals surface area contributed by atoms with Gasteiger partial charge in [0.2, 0.25) is 0 Å². The fourth-order valence-electron chi connectivity index (χ4n) is 2.59. The molecule has 3 rings (SSSR count). The van der Waals surface area contributed by atoms with Gasteiger partial charge in [-0.05, 0) is 44.2 Å². The van der Waals surface area contributed by atoms with Crippen LogP contribution in [0, 0.1) is 6.92 Å². The highest BCUT2D eigenvalue weighted by Gasteiger charge is 2.16. The molecule has 22 heavy (non-hydrogen) atoms. The highest BCUT2D eigenvalue weighted by atomic mass is 32.1. The summed E-state index contributed by atoms with van der Waals surface area (Å²) in [7, 11) is 0. The van der Waals surface area contributed by atoms with Crippen molar-refractivity contribution in [1.82, 2.24) is 9.38 Å². The monoisotopic (exact) mass is 315 g/mol. The molecule has 0 atom stereocenters. The molecule has 116 valence electrons. The maximum atomic E-state index is 5.80. The Hall–Kier alpha value is -1.85. The van der Waals surface area contributed by atoms with Crippen LogP contribution < -0.4 is 10.5 Å². The van der Waals surface area contributed by atoms with Crippen molar-refractivity contribution in [1.29, 1.82) is 0 Å². The van der Waals surface area contributed by atoms with Gasteiger partial charge in [-0.25, -0.2) is 4.98 Å². The Morgan fingerprint density at radius 1 is 1.27 bits per heavy atom. The van der Waals surface area contributed by atoms with Gasteiger partial charge < -0.3 is 10.5 Å². The molecule has 0 bridgehead atoms. The summed E-state index contributed by atoms with van der Waals surface area (Å²) in [6.45, 7) is 5.58. The Morgan fingerprint density at radius 3 is 2.73 bits per heavy atom. The minimum atomic E-state index is 0.619. The molecule has 2 heterocycles. The maximum Gasteiger partial charge on any atom is 0.194 e. The minimum Gasteiger partial charge on any atom is -0.494 e. The van der Waals surface area contributed by atoms with Gasteiger partial charge in [0.05, 0.1) is 18.0 Å². The molecular weight excluding hydrogens is 294 g/mol. The van der Waals surface area contributed by atoms with Crippen molar-refractivity contribution in [2.75, 3.05) is 13.2 Å². The van der Waals surface area contributed by atoms with Crippen molar-refractivity contribution in [3.8, 4) is 17.0 Å². The third-order valence-corrected chi connectivity index (χ3v) is 4.55. The number of benzene rings is 1. The van der Waals surface area contributed by atoms with E-state index < -0.39 is 0 Å². The average molecular weight is 315 g/mol. The second-order valence-corrected chi connectivity index (χ2v) is 6.15. The molecule has 0 spiro atoms. The van der Waals surface area contributed by atoms with Crippen molar-refractivity contribution in [2.24, 2.45) is 5.73 Å². The predicted octanol–water partition coefficient (Wildman–Crippen LogP) is 3.66. The Kier molecular flexibility index (Phi) is 4.45. The predicted molar refractivity (Wildman–Crippen MR) is 91.8 cm³/mol. The van der Waals surface area contributed by atoms with E-state index in [1.54, 1.807) is 11.3 Å². The molecule has 0 amide bonds. The summed E-state index contributed by atoms with van der Waals surface area (Å²) in [5.74, 6) is 0.906. The number of imidazole rings is 1. The van der Waals surface area contributed by atoms with E-state index in [1.165, 1.54) is 11.4 Å². The number of fused-ring (bicyclic) bond motifs is 1. The summed E-state index contributed by atoms with van der Waals surface area (Å²) in [5.41, 5.74) is 10.3. The van der Waals surface area contributed by atoms with E-state index in [0.717, 1.165) is 41.4 Å². The molecule has 1 aromatic carbocycles. The van der Waals surface area contributed by atoms with Crippen molar-refractivity contribution in [3.05, 3.63) is 41.0 Å². The molecule has 2 aromatic heterocycles. The summed E-state index contributed by atoms with van der Waals surface area (Å²) < 4.78 is 7.86. The topological polar surface area (TPSA) is 52.5 Å². The quantitative estimate of drug-likeness (QED) is 0.755. The minimum absolute atomic E-state index is 0.619. The molecule has 0 aliphatic heterocycles. The van der Waals surface area contributed by atoms with Crippen LogP contribution in [0.2, 0.25) is 0 Å². The van der Waals surface area contributed by atoms with Gasteiger partial charge in [-0.2, -0.15) is 0 Å². The van der Waals surface area contributed by atoms with E-state index in [0.29, 0.717) is 6.54 Å². The van der Waals surface area contributed by atoms with Crippen molar-refractivity contribution in [3.63, 3.8) is 0 Å². The standard InChI is InChI=1S/C17H21N3OS/c1-3-10-21-14-6-4-13(5-7-14)16-15(8-9-18)20-12(2)11-22-17(20)19-16/h4-7,11H,3,8-10,18H2,1-2H3. The summed E-state index contributed by atoms with van der Waals surface area (Å²) in [4.78, 5) is 5.83. The van der Waals surface area contributed by atoms with Crippen LogP contribution >= 0.6 is 11.3 Å². The van der Waals surface area contributed by atoms with Gasteiger partial charge in [-0.1, -0.05) is 6.92 Å². The zero-order chi connectivity index (χ0) is 15.5. The van der Waals surface area contributed by atoms with E-state index in [9.17, 15) is 0 Å². The summed E-state index contributed by atoms with van der Waals surface area (Å²) in [6.07, 6.45) is 1.83. The lowest BCUT2D eigenvalue weighted by atomic mass is 10.1. The molecular formula is C17H21N3OS. The molecule has 5 heteroatoms. The molecule has 0 fully saturated rings. The first kappa shape index (κ1) is 15.1. The number of rotatable bonds is 6. The van der Waals surface area contributed by atoms with E-state index in [2.05, 4.69) is 35.8 Å². The lowest BCUT2D eigenvalue weighted by molar-refractivity contribution is 0.317. The highest BCUT2D eigenvalue weighted by Crippen LogP contribution is 2.29. The SMILES string of the molecule is CCCOc1ccc(-c2nc3scc(C)n3c2CCN)cc1. The van der Waals surface area contributed by atoms with Crippen LogP contribution in [0.1, 0.15) is 24.7 Å². The molecule has 0 unspecified atom stereocenters. The number of hydrogen-bond donors (Lipinski definition) is 1. The first-order chi connectivity index (χ1) is 10.7. The molecule has 2 N–H and O–H groups in total. The second-order valence-electron chi connectivity index (χ2n) is 5.31. The van der Waals surface area contributed by atoms with Crippen LogP contribution in [-0.2, 0) is 6.42 Å². The molecule has 0 saturated heterocycles. The van der Waals surface area contributed by atoms with Gasteiger partial charge in [0.25, 0.3) is 0 Å². The van der Waals surface area contributed by atoms with Crippen molar-refractivity contribution >= 4 is 16.3 Å². The van der Waals surface area contributed by atoms with E-state index in [4.69, 9.17) is 15.5 Å². The Labute approximate surface area is 134 Å². The van der Waals surface area contributed by atoms with E-state index in [-0.39, 0.29) is 0 Å². The van der Waals surface area contributed by atoms with Crippen LogP contribution in [0.3, 0.4) is 0 Å².